The highest BCUT2D eigenvalue weighted by molar-refractivity contribution is 5.81. The molecule has 0 N–H and O–H groups in total. The van der Waals surface area contributed by atoms with Crippen LogP contribution in [0.5, 0.6) is 0 Å². The van der Waals surface area contributed by atoms with Crippen LogP contribution in [0.4, 0.5) is 0 Å². The van der Waals surface area contributed by atoms with Gasteiger partial charge in [-0.15, -0.1) is 0 Å². The zero-order chi connectivity index (χ0) is 16.2. The maximum absolute atomic E-state index is 12.2. The molecule has 2 fully saturated rings. The van der Waals surface area contributed by atoms with Crippen LogP contribution < -0.4 is 0 Å². The highest BCUT2D eigenvalue weighted by Crippen LogP contribution is 2.18. The summed E-state index contributed by atoms with van der Waals surface area (Å²) in [5, 5.41) is 0. The van der Waals surface area contributed by atoms with Gasteiger partial charge in [0.25, 0.3) is 0 Å². The van der Waals surface area contributed by atoms with Crippen LogP contribution in [0.3, 0.4) is 0 Å². The largest absolute Gasteiger partial charge is 0.378 e. The van der Waals surface area contributed by atoms with Crippen molar-refractivity contribution < 1.29 is 14.3 Å². The average Bonchev–Trinajstić information content (AvgIpc) is 2.52. The maximum atomic E-state index is 12.2. The van der Waals surface area contributed by atoms with Crippen molar-refractivity contribution in [1.29, 1.82) is 0 Å². The number of hydrogen-bond acceptors (Lipinski definition) is 4. The molecule has 2 heterocycles. The molecule has 0 spiro atoms. The molecular weight excluding hydrogens is 282 g/mol. The second-order valence-corrected chi connectivity index (χ2v) is 7.13. The van der Waals surface area contributed by atoms with Gasteiger partial charge in [0.2, 0.25) is 11.8 Å². The second-order valence-electron chi connectivity index (χ2n) is 7.13. The Morgan fingerprint density at radius 1 is 0.909 bits per heavy atom. The zero-order valence-corrected chi connectivity index (χ0v) is 14.1. The molecule has 2 saturated heterocycles. The standard InChI is InChI=1S/C16H29N3O3/c1-16(2,3)15(21)19-8-6-17(7-9-19)5-4-14(20)18-10-12-22-13-11-18/h4-13H2,1-3H3. The van der Waals surface area contributed by atoms with Crippen LogP contribution in [-0.2, 0) is 14.3 Å². The Labute approximate surface area is 133 Å². The third-order valence-electron chi connectivity index (χ3n) is 4.31. The third kappa shape index (κ3) is 4.68. The van der Waals surface area contributed by atoms with E-state index < -0.39 is 0 Å². The van der Waals surface area contributed by atoms with Crippen molar-refractivity contribution in [2.24, 2.45) is 5.41 Å². The summed E-state index contributed by atoms with van der Waals surface area (Å²) < 4.78 is 5.26. The smallest absolute Gasteiger partial charge is 0.228 e. The Hall–Kier alpha value is -1.14. The first-order chi connectivity index (χ1) is 10.4. The number of nitrogens with zero attached hydrogens (tertiary/aromatic N) is 3. The molecule has 6 heteroatoms. The van der Waals surface area contributed by atoms with Crippen molar-refractivity contribution in [3.63, 3.8) is 0 Å². The van der Waals surface area contributed by atoms with Crippen molar-refractivity contribution in [2.75, 3.05) is 59.0 Å². The van der Waals surface area contributed by atoms with Gasteiger partial charge in [-0.05, 0) is 0 Å². The topological polar surface area (TPSA) is 53.1 Å². The molecule has 0 atom stereocenters. The number of piperazine rings is 1. The maximum Gasteiger partial charge on any atom is 0.228 e. The summed E-state index contributed by atoms with van der Waals surface area (Å²) in [6, 6.07) is 0. The first kappa shape index (κ1) is 17.2. The zero-order valence-electron chi connectivity index (χ0n) is 14.1. The van der Waals surface area contributed by atoms with E-state index in [2.05, 4.69) is 4.90 Å². The fourth-order valence-electron chi connectivity index (χ4n) is 2.87. The number of hydrogen-bond donors (Lipinski definition) is 0. The van der Waals surface area contributed by atoms with E-state index in [4.69, 9.17) is 4.74 Å². The van der Waals surface area contributed by atoms with Crippen LogP contribution in [0.2, 0.25) is 0 Å². The molecule has 0 aromatic rings. The fourth-order valence-corrected chi connectivity index (χ4v) is 2.87. The van der Waals surface area contributed by atoms with E-state index in [0.717, 1.165) is 32.7 Å². The van der Waals surface area contributed by atoms with Crippen molar-refractivity contribution >= 4 is 11.8 Å². The van der Waals surface area contributed by atoms with Gasteiger partial charge < -0.3 is 14.5 Å². The van der Waals surface area contributed by atoms with E-state index in [-0.39, 0.29) is 17.2 Å². The normalized spacial score (nSPS) is 21.0. The Bertz CT molecular complexity index is 392. The Morgan fingerprint density at radius 2 is 1.50 bits per heavy atom. The number of ether oxygens (including phenoxy) is 1. The van der Waals surface area contributed by atoms with Gasteiger partial charge >= 0.3 is 0 Å². The molecule has 0 radical (unpaired) electrons. The summed E-state index contributed by atoms with van der Waals surface area (Å²) in [7, 11) is 0. The molecule has 126 valence electrons. The minimum absolute atomic E-state index is 0.219. The molecule has 2 rings (SSSR count). The first-order valence-corrected chi connectivity index (χ1v) is 8.25. The van der Waals surface area contributed by atoms with Gasteiger partial charge in [-0.25, -0.2) is 0 Å². The van der Waals surface area contributed by atoms with Gasteiger partial charge in [0.05, 0.1) is 13.2 Å². The summed E-state index contributed by atoms with van der Waals surface area (Å²) >= 11 is 0. The third-order valence-corrected chi connectivity index (χ3v) is 4.31. The molecule has 0 bridgehead atoms. The predicted octanol–water partition coefficient (Wildman–Crippen LogP) is 0.426. The molecule has 0 aromatic carbocycles. The number of amides is 2. The summed E-state index contributed by atoms with van der Waals surface area (Å²) in [5.41, 5.74) is -0.311. The SMILES string of the molecule is CC(C)(C)C(=O)N1CCN(CCC(=O)N2CCOCC2)CC1. The summed E-state index contributed by atoms with van der Waals surface area (Å²) in [5.74, 6) is 0.438. The molecule has 0 aromatic heterocycles. The van der Waals surface area contributed by atoms with E-state index in [1.165, 1.54) is 0 Å². The molecule has 2 amide bonds. The first-order valence-electron chi connectivity index (χ1n) is 8.25. The molecule has 6 nitrogen and oxygen atoms in total. The van der Waals surface area contributed by atoms with E-state index in [1.807, 2.05) is 30.6 Å². The minimum atomic E-state index is -0.311. The van der Waals surface area contributed by atoms with Gasteiger partial charge in [-0.1, -0.05) is 20.8 Å². The Kier molecular flexibility index (Phi) is 5.81. The van der Waals surface area contributed by atoms with E-state index in [1.54, 1.807) is 0 Å². The van der Waals surface area contributed by atoms with Crippen LogP contribution >= 0.6 is 0 Å². The van der Waals surface area contributed by atoms with Crippen LogP contribution in [0, 0.1) is 5.41 Å². The summed E-state index contributed by atoms with van der Waals surface area (Å²) in [6.45, 7) is 12.7. The van der Waals surface area contributed by atoms with Crippen LogP contribution in [0.25, 0.3) is 0 Å². The number of carbonyl (C=O) groups is 2. The molecule has 0 unspecified atom stereocenters. The lowest BCUT2D eigenvalue weighted by molar-refractivity contribution is -0.142. The number of carbonyl (C=O) groups excluding carboxylic acids is 2. The molecular formula is C16H29N3O3. The van der Waals surface area contributed by atoms with Crippen molar-refractivity contribution in [2.45, 2.75) is 27.2 Å². The lowest BCUT2D eigenvalue weighted by Gasteiger charge is -2.37. The molecule has 0 saturated carbocycles. The number of rotatable bonds is 3. The van der Waals surface area contributed by atoms with E-state index in [0.29, 0.717) is 32.7 Å². The molecule has 0 aliphatic carbocycles. The van der Waals surface area contributed by atoms with Gasteiger partial charge in [-0.2, -0.15) is 0 Å². The molecule has 22 heavy (non-hydrogen) atoms. The van der Waals surface area contributed by atoms with Crippen LogP contribution in [0.15, 0.2) is 0 Å². The molecule has 2 aliphatic rings. The predicted molar refractivity (Wildman–Crippen MR) is 84.5 cm³/mol. The van der Waals surface area contributed by atoms with Crippen LogP contribution in [0.1, 0.15) is 27.2 Å². The monoisotopic (exact) mass is 311 g/mol. The minimum Gasteiger partial charge on any atom is -0.378 e. The van der Waals surface area contributed by atoms with Crippen molar-refractivity contribution in [1.82, 2.24) is 14.7 Å². The highest BCUT2D eigenvalue weighted by atomic mass is 16.5. The second kappa shape index (κ2) is 7.42. The van der Waals surface area contributed by atoms with Gasteiger partial charge in [-0.3, -0.25) is 14.5 Å². The molecule has 2 aliphatic heterocycles. The van der Waals surface area contributed by atoms with Gasteiger partial charge in [0.1, 0.15) is 0 Å². The van der Waals surface area contributed by atoms with E-state index in [9.17, 15) is 9.59 Å². The average molecular weight is 311 g/mol. The van der Waals surface area contributed by atoms with Crippen molar-refractivity contribution in [3.8, 4) is 0 Å². The number of morpholine rings is 1. The fraction of sp³-hybridized carbons (Fsp3) is 0.875. The van der Waals surface area contributed by atoms with Gasteiger partial charge in [0, 0.05) is 57.6 Å². The highest BCUT2D eigenvalue weighted by Gasteiger charge is 2.29. The van der Waals surface area contributed by atoms with Crippen LogP contribution in [-0.4, -0.2) is 85.5 Å². The summed E-state index contributed by atoms with van der Waals surface area (Å²) in [4.78, 5) is 30.5. The summed E-state index contributed by atoms with van der Waals surface area (Å²) in [6.07, 6.45) is 0.563. The van der Waals surface area contributed by atoms with Gasteiger partial charge in [0.15, 0.2) is 0 Å². The lowest BCUT2D eigenvalue weighted by Crippen LogP contribution is -2.52. The Morgan fingerprint density at radius 3 is 2.05 bits per heavy atom. The lowest BCUT2D eigenvalue weighted by atomic mass is 9.94. The Balaban J connectivity index is 1.69. The van der Waals surface area contributed by atoms with Crippen molar-refractivity contribution in [3.05, 3.63) is 0 Å². The quantitative estimate of drug-likeness (QED) is 0.758. The van der Waals surface area contributed by atoms with E-state index >= 15 is 0 Å².